The molecule has 4 heteroatoms. The van der Waals surface area contributed by atoms with Crippen LogP contribution in [-0.4, -0.2) is 17.6 Å². The van der Waals surface area contributed by atoms with Crippen molar-refractivity contribution in [3.05, 3.63) is 16.6 Å². The maximum Gasteiger partial charge on any atom is 0.367 e. The third-order valence-corrected chi connectivity index (χ3v) is 2.09. The van der Waals surface area contributed by atoms with Gasteiger partial charge in [0.05, 0.1) is 6.61 Å². The minimum absolute atomic E-state index is 0.307. The van der Waals surface area contributed by atoms with E-state index in [0.717, 1.165) is 12.8 Å². The summed E-state index contributed by atoms with van der Waals surface area (Å²) < 4.78 is 4.94. The Hall–Kier alpha value is -0.900. The number of carbonyl (C=O) groups excluding carboxylic acids is 1. The minimum atomic E-state index is -0.307. The van der Waals surface area contributed by atoms with Crippen LogP contribution in [0, 0.1) is 0 Å². The summed E-state index contributed by atoms with van der Waals surface area (Å²) in [5.41, 5.74) is 0. The molecule has 0 aromatic carbocycles. The summed E-state index contributed by atoms with van der Waals surface area (Å²) in [6.45, 7) is 2.55. The molecule has 0 atom stereocenters. The number of aromatic nitrogens is 1. The van der Waals surface area contributed by atoms with E-state index in [9.17, 15) is 4.79 Å². The first-order valence-corrected chi connectivity index (χ1v) is 4.79. The van der Waals surface area contributed by atoms with Gasteiger partial charge in [-0.3, -0.25) is 0 Å². The fraction of sp³-hybridized carbons (Fsp3) is 0.500. The highest BCUT2D eigenvalue weighted by molar-refractivity contribution is 7.11. The molecule has 0 spiro atoms. The summed E-state index contributed by atoms with van der Waals surface area (Å²) in [7, 11) is 0. The lowest BCUT2D eigenvalue weighted by Gasteiger charge is -1.99. The molecule has 0 aliphatic rings. The zero-order chi connectivity index (χ0) is 8.81. The second-order valence-corrected chi connectivity index (χ2v) is 3.22. The molecule has 0 saturated heterocycles. The van der Waals surface area contributed by atoms with Gasteiger partial charge in [0.15, 0.2) is 0 Å². The van der Waals surface area contributed by atoms with Crippen LogP contribution >= 0.6 is 11.3 Å². The third-order valence-electron chi connectivity index (χ3n) is 1.34. The lowest BCUT2D eigenvalue weighted by atomic mass is 10.4. The molecule has 66 valence electrons. The molecule has 0 radical (unpaired) electrons. The molecule has 0 unspecified atom stereocenters. The molecule has 0 amide bonds. The first-order valence-electron chi connectivity index (χ1n) is 3.91. The Morgan fingerprint density at radius 2 is 2.58 bits per heavy atom. The first-order chi connectivity index (χ1) is 5.84. The monoisotopic (exact) mass is 185 g/mol. The molecule has 1 aromatic heterocycles. The molecule has 0 aliphatic carbocycles. The van der Waals surface area contributed by atoms with Crippen molar-refractivity contribution in [1.82, 2.24) is 4.98 Å². The van der Waals surface area contributed by atoms with Crippen LogP contribution in [-0.2, 0) is 4.74 Å². The smallest absolute Gasteiger partial charge is 0.367 e. The minimum Gasteiger partial charge on any atom is -0.460 e. The second-order valence-electron chi connectivity index (χ2n) is 2.33. The van der Waals surface area contributed by atoms with Crippen molar-refractivity contribution in [1.29, 1.82) is 0 Å². The highest BCUT2D eigenvalue weighted by atomic mass is 32.1. The molecular weight excluding hydrogens is 174 g/mol. The van der Waals surface area contributed by atoms with Crippen molar-refractivity contribution in [2.75, 3.05) is 6.61 Å². The summed E-state index contributed by atoms with van der Waals surface area (Å²) in [5.74, 6) is -0.307. The number of nitrogens with zero attached hydrogens (tertiary/aromatic N) is 1. The summed E-state index contributed by atoms with van der Waals surface area (Å²) in [4.78, 5) is 14.9. The molecule has 0 fully saturated rings. The van der Waals surface area contributed by atoms with Gasteiger partial charge in [-0.05, 0) is 6.42 Å². The van der Waals surface area contributed by atoms with Gasteiger partial charge in [0, 0.05) is 11.6 Å². The molecule has 3 nitrogen and oxygen atoms in total. The standard InChI is InChI=1S/C8H11NO2S/c1-2-3-5-11-8(10)7-9-4-6-12-7/h4,6H,2-3,5H2,1H3. The van der Waals surface area contributed by atoms with E-state index in [2.05, 4.69) is 11.9 Å². The van der Waals surface area contributed by atoms with Crippen LogP contribution < -0.4 is 0 Å². The fourth-order valence-corrected chi connectivity index (χ4v) is 1.22. The third kappa shape index (κ3) is 2.62. The highest BCUT2D eigenvalue weighted by Crippen LogP contribution is 2.05. The van der Waals surface area contributed by atoms with Gasteiger partial charge in [0.1, 0.15) is 0 Å². The normalized spacial score (nSPS) is 9.75. The Bertz CT molecular complexity index is 233. The number of hydrogen-bond acceptors (Lipinski definition) is 4. The number of rotatable bonds is 4. The molecule has 1 heterocycles. The van der Waals surface area contributed by atoms with Crippen molar-refractivity contribution in [3.8, 4) is 0 Å². The SMILES string of the molecule is CCCCOC(=O)c1nccs1. The number of thiazole rings is 1. The van der Waals surface area contributed by atoms with Gasteiger partial charge in [-0.2, -0.15) is 0 Å². The van der Waals surface area contributed by atoms with Crippen LogP contribution in [0.5, 0.6) is 0 Å². The second kappa shape index (κ2) is 4.87. The lowest BCUT2D eigenvalue weighted by molar-refractivity contribution is 0.0499. The number of unbranched alkanes of at least 4 members (excludes halogenated alkanes) is 1. The van der Waals surface area contributed by atoms with Gasteiger partial charge in [0.25, 0.3) is 0 Å². The molecular formula is C8H11NO2S. The van der Waals surface area contributed by atoms with Crippen molar-refractivity contribution in [2.45, 2.75) is 19.8 Å². The van der Waals surface area contributed by atoms with Crippen molar-refractivity contribution < 1.29 is 9.53 Å². The van der Waals surface area contributed by atoms with E-state index in [1.54, 1.807) is 11.6 Å². The molecule has 1 rings (SSSR count). The van der Waals surface area contributed by atoms with Gasteiger partial charge in [-0.25, -0.2) is 9.78 Å². The van der Waals surface area contributed by atoms with Crippen LogP contribution in [0.2, 0.25) is 0 Å². The summed E-state index contributed by atoms with van der Waals surface area (Å²) in [6, 6.07) is 0. The number of hydrogen-bond donors (Lipinski definition) is 0. The molecule has 1 aromatic rings. The topological polar surface area (TPSA) is 39.2 Å². The zero-order valence-electron chi connectivity index (χ0n) is 6.95. The highest BCUT2D eigenvalue weighted by Gasteiger charge is 2.08. The molecule has 0 aliphatic heterocycles. The van der Waals surface area contributed by atoms with Gasteiger partial charge < -0.3 is 4.74 Å². The number of esters is 1. The van der Waals surface area contributed by atoms with Gasteiger partial charge in [-0.15, -0.1) is 11.3 Å². The summed E-state index contributed by atoms with van der Waals surface area (Å²) in [6.07, 6.45) is 3.54. The van der Waals surface area contributed by atoms with Crippen LogP contribution in [0.4, 0.5) is 0 Å². The van der Waals surface area contributed by atoms with Crippen molar-refractivity contribution in [3.63, 3.8) is 0 Å². The molecule has 0 N–H and O–H groups in total. The number of carbonyl (C=O) groups is 1. The van der Waals surface area contributed by atoms with Gasteiger partial charge in [0.2, 0.25) is 5.01 Å². The number of ether oxygens (including phenoxy) is 1. The van der Waals surface area contributed by atoms with Crippen molar-refractivity contribution in [2.24, 2.45) is 0 Å². The largest absolute Gasteiger partial charge is 0.460 e. The maximum absolute atomic E-state index is 11.1. The fourth-order valence-electron chi connectivity index (χ4n) is 0.695. The molecule has 0 bridgehead atoms. The average molecular weight is 185 g/mol. The van der Waals surface area contributed by atoms with E-state index in [4.69, 9.17) is 4.74 Å². The summed E-state index contributed by atoms with van der Waals surface area (Å²) >= 11 is 1.30. The van der Waals surface area contributed by atoms with E-state index in [1.807, 2.05) is 0 Å². The summed E-state index contributed by atoms with van der Waals surface area (Å²) in [5, 5.41) is 2.20. The van der Waals surface area contributed by atoms with Crippen molar-refractivity contribution >= 4 is 17.3 Å². The van der Waals surface area contributed by atoms with E-state index in [1.165, 1.54) is 11.3 Å². The molecule has 0 saturated carbocycles. The Kier molecular flexibility index (Phi) is 3.73. The zero-order valence-corrected chi connectivity index (χ0v) is 7.76. The molecule has 12 heavy (non-hydrogen) atoms. The van der Waals surface area contributed by atoms with E-state index < -0.39 is 0 Å². The van der Waals surface area contributed by atoms with Gasteiger partial charge >= 0.3 is 5.97 Å². The van der Waals surface area contributed by atoms with E-state index in [0.29, 0.717) is 11.6 Å². The van der Waals surface area contributed by atoms with E-state index in [-0.39, 0.29) is 5.97 Å². The Morgan fingerprint density at radius 1 is 1.75 bits per heavy atom. The predicted molar refractivity (Wildman–Crippen MR) is 47.3 cm³/mol. The van der Waals surface area contributed by atoms with Crippen LogP contribution in [0.25, 0.3) is 0 Å². The Labute approximate surface area is 75.4 Å². The lowest BCUT2D eigenvalue weighted by Crippen LogP contribution is -2.05. The predicted octanol–water partition coefficient (Wildman–Crippen LogP) is 2.10. The quantitative estimate of drug-likeness (QED) is 0.532. The Balaban J connectivity index is 2.30. The average Bonchev–Trinajstić information content (AvgIpc) is 2.56. The van der Waals surface area contributed by atoms with Crippen LogP contribution in [0.3, 0.4) is 0 Å². The first kappa shape index (κ1) is 9.19. The maximum atomic E-state index is 11.1. The van der Waals surface area contributed by atoms with E-state index >= 15 is 0 Å². The van der Waals surface area contributed by atoms with Crippen LogP contribution in [0.1, 0.15) is 29.6 Å². The van der Waals surface area contributed by atoms with Gasteiger partial charge in [-0.1, -0.05) is 13.3 Å². The Morgan fingerprint density at radius 3 is 3.17 bits per heavy atom. The van der Waals surface area contributed by atoms with Crippen LogP contribution in [0.15, 0.2) is 11.6 Å².